The van der Waals surface area contributed by atoms with Crippen LogP contribution in [0.1, 0.15) is 36.2 Å². The van der Waals surface area contributed by atoms with Gasteiger partial charge in [0.25, 0.3) is 0 Å². The van der Waals surface area contributed by atoms with Crippen LogP contribution in [0.5, 0.6) is 17.2 Å². The van der Waals surface area contributed by atoms with Gasteiger partial charge in [0.2, 0.25) is 0 Å². The molecule has 0 N–H and O–H groups in total. The van der Waals surface area contributed by atoms with Gasteiger partial charge in [-0.2, -0.15) is 0 Å². The van der Waals surface area contributed by atoms with Gasteiger partial charge >= 0.3 is 0 Å². The van der Waals surface area contributed by atoms with E-state index in [0.29, 0.717) is 11.5 Å². The molecule has 0 saturated carbocycles. The number of benzene rings is 1. The third-order valence-corrected chi connectivity index (χ3v) is 5.55. The molecular weight excluding hydrogens is 360 g/mol. The van der Waals surface area contributed by atoms with Crippen molar-refractivity contribution >= 4 is 0 Å². The highest BCUT2D eigenvalue weighted by atomic mass is 16.5. The Labute approximate surface area is 165 Å². The molecule has 3 heterocycles. The lowest BCUT2D eigenvalue weighted by Crippen LogP contribution is -2.27. The lowest BCUT2D eigenvalue weighted by molar-refractivity contribution is 0.101. The Morgan fingerprint density at radius 1 is 1.00 bits per heavy atom. The molecule has 28 heavy (non-hydrogen) atoms. The van der Waals surface area contributed by atoms with Gasteiger partial charge in [0.1, 0.15) is 17.7 Å². The van der Waals surface area contributed by atoms with Gasteiger partial charge in [-0.1, -0.05) is 0 Å². The summed E-state index contributed by atoms with van der Waals surface area (Å²) in [5.41, 5.74) is 1.08. The van der Waals surface area contributed by atoms with E-state index in [1.807, 2.05) is 12.1 Å². The number of methoxy groups -OCH3 is 3. The normalized spacial score (nSPS) is 19.9. The number of fused-ring (bicyclic) bond motifs is 1. The van der Waals surface area contributed by atoms with Gasteiger partial charge < -0.3 is 23.5 Å². The fourth-order valence-corrected chi connectivity index (χ4v) is 4.02. The van der Waals surface area contributed by atoms with E-state index >= 15 is 0 Å². The largest absolute Gasteiger partial charge is 0.496 e. The van der Waals surface area contributed by atoms with Crippen LogP contribution in [-0.4, -0.2) is 60.7 Å². The maximum Gasteiger partial charge on any atom is 0.164 e. The van der Waals surface area contributed by atoms with Gasteiger partial charge in [-0.05, 0) is 18.9 Å². The monoisotopic (exact) mass is 388 g/mol. The van der Waals surface area contributed by atoms with E-state index in [0.717, 1.165) is 75.0 Å². The van der Waals surface area contributed by atoms with Crippen LogP contribution in [0, 0.1) is 0 Å². The van der Waals surface area contributed by atoms with Crippen molar-refractivity contribution < 1.29 is 18.9 Å². The van der Waals surface area contributed by atoms with E-state index in [1.165, 1.54) is 0 Å². The molecule has 1 saturated heterocycles. The molecule has 8 heteroatoms. The van der Waals surface area contributed by atoms with Crippen LogP contribution in [0.25, 0.3) is 0 Å². The molecule has 1 aromatic heterocycles. The smallest absolute Gasteiger partial charge is 0.164 e. The van der Waals surface area contributed by atoms with Crippen molar-refractivity contribution in [2.24, 2.45) is 0 Å². The summed E-state index contributed by atoms with van der Waals surface area (Å²) in [5.74, 6) is 4.23. The molecule has 0 unspecified atom stereocenters. The summed E-state index contributed by atoms with van der Waals surface area (Å²) in [4.78, 5) is 2.41. The zero-order chi connectivity index (χ0) is 19.5. The summed E-state index contributed by atoms with van der Waals surface area (Å²) in [6.07, 6.45) is 3.09. The van der Waals surface area contributed by atoms with Gasteiger partial charge in [0, 0.05) is 50.8 Å². The number of nitrogens with zero attached hydrogens (tertiary/aromatic N) is 4. The zero-order valence-electron chi connectivity index (χ0n) is 16.8. The highest BCUT2D eigenvalue weighted by Gasteiger charge is 2.27. The molecule has 0 radical (unpaired) electrons. The van der Waals surface area contributed by atoms with Crippen molar-refractivity contribution in [1.29, 1.82) is 0 Å². The minimum absolute atomic E-state index is 0.0961. The van der Waals surface area contributed by atoms with E-state index in [4.69, 9.17) is 18.9 Å². The molecule has 2 aliphatic rings. The predicted octanol–water partition coefficient (Wildman–Crippen LogP) is 2.21. The molecule has 0 spiro atoms. The third kappa shape index (κ3) is 3.66. The molecule has 1 fully saturated rings. The summed E-state index contributed by atoms with van der Waals surface area (Å²) in [7, 11) is 4.97. The van der Waals surface area contributed by atoms with Crippen LogP contribution in [0.3, 0.4) is 0 Å². The maximum atomic E-state index is 5.83. The van der Waals surface area contributed by atoms with Crippen LogP contribution in [0.4, 0.5) is 0 Å². The second kappa shape index (κ2) is 8.36. The molecule has 1 aromatic carbocycles. The SMILES string of the molecule is COc1cc(OC)c(OC)cc1CN1CCc2nnc([C@H]3CCCO3)n2CC1. The lowest BCUT2D eigenvalue weighted by atomic mass is 10.1. The minimum Gasteiger partial charge on any atom is -0.496 e. The van der Waals surface area contributed by atoms with Gasteiger partial charge in [0.15, 0.2) is 17.3 Å². The summed E-state index contributed by atoms with van der Waals surface area (Å²) in [6, 6.07) is 3.89. The van der Waals surface area contributed by atoms with Gasteiger partial charge in [0.05, 0.1) is 21.3 Å². The Bertz CT molecular complexity index is 817. The third-order valence-electron chi connectivity index (χ3n) is 5.55. The second-order valence-electron chi connectivity index (χ2n) is 7.17. The molecule has 0 amide bonds. The molecule has 2 aromatic rings. The van der Waals surface area contributed by atoms with E-state index in [2.05, 4.69) is 19.7 Å². The first-order valence-electron chi connectivity index (χ1n) is 9.78. The Balaban J connectivity index is 1.50. The zero-order valence-corrected chi connectivity index (χ0v) is 16.8. The fraction of sp³-hybridized carbons (Fsp3) is 0.600. The molecule has 0 aliphatic carbocycles. The molecule has 4 rings (SSSR count). The van der Waals surface area contributed by atoms with E-state index in [9.17, 15) is 0 Å². The summed E-state index contributed by atoms with van der Waals surface area (Å²) < 4.78 is 24.5. The van der Waals surface area contributed by atoms with Crippen molar-refractivity contribution in [2.75, 3.05) is 41.0 Å². The van der Waals surface area contributed by atoms with Gasteiger partial charge in [-0.15, -0.1) is 10.2 Å². The van der Waals surface area contributed by atoms with Crippen LogP contribution in [0.2, 0.25) is 0 Å². The van der Waals surface area contributed by atoms with Crippen LogP contribution < -0.4 is 14.2 Å². The predicted molar refractivity (Wildman–Crippen MR) is 103 cm³/mol. The van der Waals surface area contributed by atoms with Crippen LogP contribution in [0.15, 0.2) is 12.1 Å². The second-order valence-corrected chi connectivity index (χ2v) is 7.17. The summed E-state index contributed by atoms with van der Waals surface area (Å²) in [6.45, 7) is 4.30. The number of ether oxygens (including phenoxy) is 4. The summed E-state index contributed by atoms with van der Waals surface area (Å²) in [5, 5.41) is 8.85. The van der Waals surface area contributed by atoms with Crippen molar-refractivity contribution in [3.05, 3.63) is 29.3 Å². The van der Waals surface area contributed by atoms with E-state index in [1.54, 1.807) is 21.3 Å². The Hall–Kier alpha value is -2.32. The van der Waals surface area contributed by atoms with E-state index in [-0.39, 0.29) is 6.10 Å². The standard InChI is InChI=1S/C20H28N4O4/c1-25-16-12-18(27-3)17(26-2)11-14(16)13-23-7-6-19-21-22-20(24(19)9-8-23)15-5-4-10-28-15/h11-12,15H,4-10,13H2,1-3H3/t15-/m1/s1. The minimum atomic E-state index is 0.0961. The fourth-order valence-electron chi connectivity index (χ4n) is 4.02. The average Bonchev–Trinajstić information content (AvgIpc) is 3.35. The molecular formula is C20H28N4O4. The average molecular weight is 388 g/mol. The first kappa shape index (κ1) is 19.0. The van der Waals surface area contributed by atoms with Gasteiger partial charge in [-0.3, -0.25) is 4.90 Å². The Kier molecular flexibility index (Phi) is 5.68. The molecule has 152 valence electrons. The number of aromatic nitrogens is 3. The first-order valence-corrected chi connectivity index (χ1v) is 9.78. The van der Waals surface area contributed by atoms with Crippen molar-refractivity contribution in [3.8, 4) is 17.2 Å². The lowest BCUT2D eigenvalue weighted by Gasteiger charge is -2.22. The van der Waals surface area contributed by atoms with Crippen molar-refractivity contribution in [2.45, 2.75) is 38.5 Å². The quantitative estimate of drug-likeness (QED) is 0.751. The molecule has 0 bridgehead atoms. The molecule has 1 atom stereocenters. The van der Waals surface area contributed by atoms with E-state index < -0.39 is 0 Å². The Morgan fingerprint density at radius 2 is 1.79 bits per heavy atom. The molecule has 8 nitrogen and oxygen atoms in total. The van der Waals surface area contributed by atoms with Gasteiger partial charge in [-0.25, -0.2) is 0 Å². The first-order chi connectivity index (χ1) is 13.7. The number of hydrogen-bond donors (Lipinski definition) is 0. The number of hydrogen-bond acceptors (Lipinski definition) is 7. The highest BCUT2D eigenvalue weighted by molar-refractivity contribution is 5.50. The molecule has 2 aliphatic heterocycles. The van der Waals surface area contributed by atoms with Crippen molar-refractivity contribution in [3.63, 3.8) is 0 Å². The topological polar surface area (TPSA) is 70.9 Å². The summed E-state index contributed by atoms with van der Waals surface area (Å²) >= 11 is 0. The van der Waals surface area contributed by atoms with Crippen molar-refractivity contribution in [1.82, 2.24) is 19.7 Å². The maximum absolute atomic E-state index is 5.83. The van der Waals surface area contributed by atoms with Crippen LogP contribution >= 0.6 is 0 Å². The number of rotatable bonds is 6. The Morgan fingerprint density at radius 3 is 2.50 bits per heavy atom. The van der Waals surface area contributed by atoms with Crippen LogP contribution in [-0.2, 0) is 24.2 Å². The highest BCUT2D eigenvalue weighted by Crippen LogP contribution is 2.35.